The molecule has 0 saturated carbocycles. The van der Waals surface area contributed by atoms with Crippen LogP contribution in [0.2, 0.25) is 0 Å². The fourth-order valence-corrected chi connectivity index (χ4v) is 3.22. The van der Waals surface area contributed by atoms with E-state index in [1.54, 1.807) is 0 Å². The van der Waals surface area contributed by atoms with Crippen LogP contribution in [0.15, 0.2) is 24.3 Å². The van der Waals surface area contributed by atoms with Gasteiger partial charge in [0.25, 0.3) is 0 Å². The van der Waals surface area contributed by atoms with Crippen molar-refractivity contribution < 1.29 is 9.66 Å². The first-order valence-corrected chi connectivity index (χ1v) is 9.04. The van der Waals surface area contributed by atoms with Crippen LogP contribution in [0.5, 0.6) is 5.75 Å². The summed E-state index contributed by atoms with van der Waals surface area (Å²) in [7, 11) is 0. The number of ether oxygens (including phenoxy) is 1. The van der Waals surface area contributed by atoms with Crippen molar-refractivity contribution in [3.8, 4) is 5.75 Å². The first kappa shape index (κ1) is 18.7. The number of rotatable bonds is 6. The number of piperidine rings is 1. The molecule has 0 amide bonds. The Kier molecular flexibility index (Phi) is 5.58. The molecule has 0 aliphatic carbocycles. The van der Waals surface area contributed by atoms with E-state index in [1.165, 1.54) is 0 Å². The Bertz CT molecular complexity index is 811. The summed E-state index contributed by atoms with van der Waals surface area (Å²) in [5, 5.41) is 14.6. The first-order valence-electron chi connectivity index (χ1n) is 9.04. The smallest absolute Gasteiger partial charge is 0.353 e. The summed E-state index contributed by atoms with van der Waals surface area (Å²) in [5.41, 5.74) is 6.41. The zero-order valence-electron chi connectivity index (χ0n) is 15.5. The van der Waals surface area contributed by atoms with Gasteiger partial charge in [0, 0.05) is 18.8 Å². The summed E-state index contributed by atoms with van der Waals surface area (Å²) >= 11 is 0. The van der Waals surface area contributed by atoms with Gasteiger partial charge in [0.05, 0.1) is 11.5 Å². The van der Waals surface area contributed by atoms with Crippen LogP contribution in [-0.4, -0.2) is 34.6 Å². The summed E-state index contributed by atoms with van der Waals surface area (Å²) in [5.74, 6) is 1.56. The minimum Gasteiger partial charge on any atom is -0.494 e. The zero-order chi connectivity index (χ0) is 19.4. The Morgan fingerprint density at radius 3 is 2.74 bits per heavy atom. The third kappa shape index (κ3) is 4.36. The number of nitro groups is 1. The monoisotopic (exact) mass is 372 g/mol. The molecule has 1 aromatic carbocycles. The summed E-state index contributed by atoms with van der Waals surface area (Å²) in [6.45, 7) is 6.06. The normalized spacial score (nSPS) is 16.8. The lowest BCUT2D eigenvalue weighted by Gasteiger charge is -2.31. The molecule has 1 aliphatic heterocycles. The molecule has 3 N–H and O–H groups in total. The van der Waals surface area contributed by atoms with E-state index < -0.39 is 4.92 Å². The van der Waals surface area contributed by atoms with Crippen LogP contribution in [0.25, 0.3) is 0 Å². The number of nitrogen functional groups attached to an aromatic ring is 1. The van der Waals surface area contributed by atoms with Gasteiger partial charge in [-0.1, -0.05) is 6.92 Å². The minimum atomic E-state index is -0.509. The largest absolute Gasteiger partial charge is 0.494 e. The number of nitrogens with one attached hydrogen (secondary N) is 1. The lowest BCUT2D eigenvalue weighted by molar-refractivity contribution is -0.383. The Balaban J connectivity index is 1.90. The van der Waals surface area contributed by atoms with Gasteiger partial charge in [0.1, 0.15) is 5.75 Å². The van der Waals surface area contributed by atoms with Gasteiger partial charge in [-0.25, -0.2) is 0 Å². The van der Waals surface area contributed by atoms with E-state index in [0.717, 1.165) is 24.3 Å². The van der Waals surface area contributed by atoms with E-state index in [-0.39, 0.29) is 23.3 Å². The number of nitrogens with two attached hydrogens (primary N) is 1. The van der Waals surface area contributed by atoms with E-state index in [4.69, 9.17) is 10.5 Å². The van der Waals surface area contributed by atoms with Crippen molar-refractivity contribution in [1.82, 2.24) is 9.97 Å². The topological polar surface area (TPSA) is 119 Å². The number of hydrogen-bond acceptors (Lipinski definition) is 8. The minimum absolute atomic E-state index is 0.142. The number of nitrogens with zero attached hydrogens (tertiary/aromatic N) is 4. The average Bonchev–Trinajstić information content (AvgIpc) is 2.63. The Hall–Kier alpha value is -3.10. The lowest BCUT2D eigenvalue weighted by atomic mass is 10.0. The first-order chi connectivity index (χ1) is 13.0. The summed E-state index contributed by atoms with van der Waals surface area (Å²) < 4.78 is 5.42. The predicted molar refractivity (Wildman–Crippen MR) is 105 cm³/mol. The van der Waals surface area contributed by atoms with Gasteiger partial charge in [0.2, 0.25) is 17.6 Å². The van der Waals surface area contributed by atoms with Crippen LogP contribution in [0, 0.1) is 16.0 Å². The maximum atomic E-state index is 11.5. The van der Waals surface area contributed by atoms with Crippen molar-refractivity contribution in [2.75, 3.05) is 35.6 Å². The summed E-state index contributed by atoms with van der Waals surface area (Å²) in [6.07, 6.45) is 2.06. The summed E-state index contributed by atoms with van der Waals surface area (Å²) in [6, 6.07) is 7.31. The second kappa shape index (κ2) is 8.07. The van der Waals surface area contributed by atoms with E-state index in [2.05, 4.69) is 22.2 Å². The molecule has 27 heavy (non-hydrogen) atoms. The van der Waals surface area contributed by atoms with Crippen LogP contribution >= 0.6 is 0 Å². The Morgan fingerprint density at radius 2 is 2.11 bits per heavy atom. The molecule has 1 fully saturated rings. The second-order valence-corrected chi connectivity index (χ2v) is 6.64. The standard InChI is InChI=1S/C18H24N6O3/c1-3-27-14-8-6-13(7-9-14)20-18-21-16(19)15(24(25)26)17(22-18)23-10-4-5-12(2)11-23/h6-9,12H,3-5,10-11H2,1-2H3,(H3,19,20,21,22)/t12-/m1/s1. The van der Waals surface area contributed by atoms with Gasteiger partial charge >= 0.3 is 5.69 Å². The van der Waals surface area contributed by atoms with Gasteiger partial charge in [-0.15, -0.1) is 0 Å². The Morgan fingerprint density at radius 1 is 1.37 bits per heavy atom. The van der Waals surface area contributed by atoms with Gasteiger partial charge in [-0.3, -0.25) is 10.1 Å². The molecule has 2 aromatic rings. The van der Waals surface area contributed by atoms with Crippen molar-refractivity contribution in [2.45, 2.75) is 26.7 Å². The van der Waals surface area contributed by atoms with Crippen molar-refractivity contribution >= 4 is 29.0 Å². The third-order valence-corrected chi connectivity index (χ3v) is 4.45. The van der Waals surface area contributed by atoms with Crippen molar-refractivity contribution in [2.24, 2.45) is 5.92 Å². The molecule has 1 aliphatic rings. The fourth-order valence-electron chi connectivity index (χ4n) is 3.22. The van der Waals surface area contributed by atoms with E-state index in [0.29, 0.717) is 25.6 Å². The average molecular weight is 372 g/mol. The molecule has 1 saturated heterocycles. The molecule has 9 heteroatoms. The molecule has 3 rings (SSSR count). The van der Waals surface area contributed by atoms with Gasteiger partial charge in [-0.2, -0.15) is 9.97 Å². The van der Waals surface area contributed by atoms with Crippen LogP contribution in [0.1, 0.15) is 26.7 Å². The highest BCUT2D eigenvalue weighted by Gasteiger charge is 2.29. The maximum absolute atomic E-state index is 11.5. The van der Waals surface area contributed by atoms with Crippen molar-refractivity contribution in [3.05, 3.63) is 34.4 Å². The number of aromatic nitrogens is 2. The molecule has 0 unspecified atom stereocenters. The van der Waals surface area contributed by atoms with Crippen molar-refractivity contribution in [3.63, 3.8) is 0 Å². The SMILES string of the molecule is CCOc1ccc(Nc2nc(N)c([N+](=O)[O-])c(N3CCC[C@@H](C)C3)n2)cc1. The number of hydrogen-bond donors (Lipinski definition) is 2. The second-order valence-electron chi connectivity index (χ2n) is 6.64. The highest BCUT2D eigenvalue weighted by molar-refractivity contribution is 5.72. The molecule has 144 valence electrons. The van der Waals surface area contributed by atoms with Crippen LogP contribution < -0.4 is 20.7 Å². The molecule has 0 bridgehead atoms. The lowest BCUT2D eigenvalue weighted by Crippen LogP contribution is -2.35. The Labute approximate surface area is 157 Å². The number of anilines is 4. The molecule has 1 aromatic heterocycles. The van der Waals surface area contributed by atoms with Crippen LogP contribution in [0.3, 0.4) is 0 Å². The predicted octanol–water partition coefficient (Wildman–Crippen LogP) is 3.35. The third-order valence-electron chi connectivity index (χ3n) is 4.45. The quantitative estimate of drug-likeness (QED) is 0.585. The molecule has 1 atom stereocenters. The number of benzene rings is 1. The zero-order valence-corrected chi connectivity index (χ0v) is 15.5. The molecule has 2 heterocycles. The molecule has 0 radical (unpaired) electrons. The van der Waals surface area contributed by atoms with E-state index in [1.807, 2.05) is 36.1 Å². The van der Waals surface area contributed by atoms with Crippen LogP contribution in [-0.2, 0) is 0 Å². The molecular weight excluding hydrogens is 348 g/mol. The van der Waals surface area contributed by atoms with Gasteiger partial charge in [-0.05, 0) is 49.9 Å². The maximum Gasteiger partial charge on any atom is 0.353 e. The highest BCUT2D eigenvalue weighted by Crippen LogP contribution is 2.35. The van der Waals surface area contributed by atoms with E-state index in [9.17, 15) is 10.1 Å². The van der Waals surface area contributed by atoms with Gasteiger partial charge < -0.3 is 20.7 Å². The fraction of sp³-hybridized carbons (Fsp3) is 0.444. The van der Waals surface area contributed by atoms with Gasteiger partial charge in [0.15, 0.2) is 0 Å². The molecular formula is C18H24N6O3. The molecule has 0 spiro atoms. The van der Waals surface area contributed by atoms with Crippen molar-refractivity contribution in [1.29, 1.82) is 0 Å². The summed E-state index contributed by atoms with van der Waals surface area (Å²) in [4.78, 5) is 21.4. The highest BCUT2D eigenvalue weighted by atomic mass is 16.6. The van der Waals surface area contributed by atoms with E-state index >= 15 is 0 Å². The molecule has 9 nitrogen and oxygen atoms in total. The van der Waals surface area contributed by atoms with Crippen LogP contribution in [0.4, 0.5) is 29.0 Å².